The van der Waals surface area contributed by atoms with E-state index in [4.69, 9.17) is 39.5 Å². The molecule has 0 bridgehead atoms. The van der Waals surface area contributed by atoms with Crippen LogP contribution in [0.3, 0.4) is 0 Å². The minimum atomic E-state index is -3.84. The molecule has 9 heteroatoms. The van der Waals surface area contributed by atoms with Crippen LogP contribution in [0.15, 0.2) is 41.3 Å². The van der Waals surface area contributed by atoms with Crippen molar-refractivity contribution in [3.63, 3.8) is 0 Å². The predicted molar refractivity (Wildman–Crippen MR) is 102 cm³/mol. The number of benzene rings is 2. The van der Waals surface area contributed by atoms with Crippen molar-refractivity contribution in [1.82, 2.24) is 0 Å². The molecule has 0 aliphatic carbocycles. The van der Waals surface area contributed by atoms with Crippen LogP contribution in [-0.2, 0) is 14.8 Å². The number of hydrogen-bond acceptors (Lipinski definition) is 4. The minimum Gasteiger partial charge on any atom is -0.378 e. The van der Waals surface area contributed by atoms with E-state index in [0.29, 0.717) is 42.7 Å². The Hall–Kier alpha value is -1.18. The van der Waals surface area contributed by atoms with Crippen molar-refractivity contribution in [2.75, 3.05) is 35.9 Å². The number of para-hydroxylation sites is 1. The zero-order chi connectivity index (χ0) is 18.0. The summed E-state index contributed by atoms with van der Waals surface area (Å²) in [7, 11) is -3.84. The third-order valence-corrected chi connectivity index (χ3v) is 6.17. The maximum Gasteiger partial charge on any atom is 0.262 e. The first-order valence-corrected chi connectivity index (χ1v) is 10.1. The first kappa shape index (κ1) is 18.6. The minimum absolute atomic E-state index is 0.0230. The zero-order valence-electron chi connectivity index (χ0n) is 13.0. The summed E-state index contributed by atoms with van der Waals surface area (Å²) in [6.45, 7) is 2.38. The molecule has 1 aliphatic rings. The largest absolute Gasteiger partial charge is 0.378 e. The third-order valence-electron chi connectivity index (χ3n) is 3.76. The van der Waals surface area contributed by atoms with Gasteiger partial charge in [-0.15, -0.1) is 0 Å². The van der Waals surface area contributed by atoms with Crippen LogP contribution >= 0.6 is 34.8 Å². The summed E-state index contributed by atoms with van der Waals surface area (Å²) in [5, 5.41) is 0.928. The van der Waals surface area contributed by atoms with Crippen LogP contribution in [0.2, 0.25) is 15.1 Å². The summed E-state index contributed by atoms with van der Waals surface area (Å²) in [6.07, 6.45) is 0. The van der Waals surface area contributed by atoms with E-state index in [9.17, 15) is 8.42 Å². The molecule has 3 rings (SSSR count). The van der Waals surface area contributed by atoms with E-state index in [0.717, 1.165) is 0 Å². The molecule has 1 fully saturated rings. The molecule has 134 valence electrons. The zero-order valence-corrected chi connectivity index (χ0v) is 16.1. The Kier molecular flexibility index (Phi) is 5.65. The molecule has 0 unspecified atom stereocenters. The summed E-state index contributed by atoms with van der Waals surface area (Å²) < 4.78 is 33.4. The van der Waals surface area contributed by atoms with Crippen molar-refractivity contribution in [3.05, 3.63) is 51.5 Å². The predicted octanol–water partition coefficient (Wildman–Crippen LogP) is 4.28. The highest BCUT2D eigenvalue weighted by molar-refractivity contribution is 7.92. The molecule has 25 heavy (non-hydrogen) atoms. The fraction of sp³-hybridized carbons (Fsp3) is 0.250. The van der Waals surface area contributed by atoms with Gasteiger partial charge >= 0.3 is 0 Å². The van der Waals surface area contributed by atoms with Gasteiger partial charge in [-0.3, -0.25) is 4.72 Å². The topological polar surface area (TPSA) is 58.6 Å². The highest BCUT2D eigenvalue weighted by Gasteiger charge is 2.22. The molecule has 5 nitrogen and oxygen atoms in total. The summed E-state index contributed by atoms with van der Waals surface area (Å²) in [4.78, 5) is 2.02. The van der Waals surface area contributed by atoms with E-state index >= 15 is 0 Å². The highest BCUT2D eigenvalue weighted by atomic mass is 35.5. The number of anilines is 2. The lowest BCUT2D eigenvalue weighted by Gasteiger charge is -2.31. The number of nitrogens with one attached hydrogen (secondary N) is 1. The number of halogens is 3. The van der Waals surface area contributed by atoms with Crippen LogP contribution in [0.4, 0.5) is 11.4 Å². The molecule has 1 aliphatic heterocycles. The van der Waals surface area contributed by atoms with Crippen LogP contribution in [-0.4, -0.2) is 34.7 Å². The van der Waals surface area contributed by atoms with Gasteiger partial charge in [0.1, 0.15) is 0 Å². The first-order valence-electron chi connectivity index (χ1n) is 7.47. The lowest BCUT2D eigenvalue weighted by atomic mass is 10.2. The van der Waals surface area contributed by atoms with E-state index in [2.05, 4.69) is 4.72 Å². The smallest absolute Gasteiger partial charge is 0.262 e. The number of morpholine rings is 1. The molecule has 2 aromatic carbocycles. The van der Waals surface area contributed by atoms with Crippen molar-refractivity contribution in [2.45, 2.75) is 4.90 Å². The average molecular weight is 422 g/mol. The molecule has 0 saturated carbocycles. The van der Waals surface area contributed by atoms with E-state index < -0.39 is 10.0 Å². The van der Waals surface area contributed by atoms with Gasteiger partial charge in [0.25, 0.3) is 10.0 Å². The maximum absolute atomic E-state index is 12.7. The summed E-state index contributed by atoms with van der Waals surface area (Å²) in [5.74, 6) is 0. The second kappa shape index (κ2) is 7.60. The van der Waals surface area contributed by atoms with Crippen LogP contribution in [0, 0.1) is 0 Å². The third kappa shape index (κ3) is 4.15. The quantitative estimate of drug-likeness (QED) is 0.800. The normalized spacial score (nSPS) is 15.2. The molecule has 0 atom stereocenters. The van der Waals surface area contributed by atoms with Gasteiger partial charge < -0.3 is 9.64 Å². The van der Waals surface area contributed by atoms with Gasteiger partial charge in [-0.05, 0) is 30.3 Å². The molecule has 2 aromatic rings. The van der Waals surface area contributed by atoms with Crippen molar-refractivity contribution < 1.29 is 13.2 Å². The number of nitrogens with zero attached hydrogens (tertiary/aromatic N) is 1. The van der Waals surface area contributed by atoms with Gasteiger partial charge in [0.15, 0.2) is 0 Å². The Morgan fingerprint density at radius 1 is 0.960 bits per heavy atom. The highest BCUT2D eigenvalue weighted by Crippen LogP contribution is 2.36. The molecular formula is C16H15Cl3N2O3S. The van der Waals surface area contributed by atoms with Crippen molar-refractivity contribution in [3.8, 4) is 0 Å². The van der Waals surface area contributed by atoms with Crippen molar-refractivity contribution in [2.24, 2.45) is 0 Å². The monoisotopic (exact) mass is 420 g/mol. The molecule has 0 spiro atoms. The Balaban J connectivity index is 1.96. The fourth-order valence-electron chi connectivity index (χ4n) is 2.55. The summed E-state index contributed by atoms with van der Waals surface area (Å²) in [6, 6.07) is 9.24. The Morgan fingerprint density at radius 3 is 2.36 bits per heavy atom. The van der Waals surface area contributed by atoms with E-state index in [1.54, 1.807) is 18.2 Å². The standard InChI is InChI=1S/C16H15Cl3N2O3S/c17-12-5-4-11(10-14(12)19)25(22,23)20-15-3-1-2-13(18)16(15)21-6-8-24-9-7-21/h1-5,10,20H,6-9H2. The van der Waals surface area contributed by atoms with Crippen molar-refractivity contribution in [1.29, 1.82) is 0 Å². The first-order chi connectivity index (χ1) is 11.9. The van der Waals surface area contributed by atoms with Gasteiger partial charge in [-0.1, -0.05) is 40.9 Å². The molecule has 1 saturated heterocycles. The summed E-state index contributed by atoms with van der Waals surface area (Å²) >= 11 is 18.1. The Morgan fingerprint density at radius 2 is 1.68 bits per heavy atom. The van der Waals surface area contributed by atoms with Crippen LogP contribution in [0.5, 0.6) is 0 Å². The second-order valence-electron chi connectivity index (χ2n) is 5.42. The van der Waals surface area contributed by atoms with Crippen LogP contribution in [0.1, 0.15) is 0 Å². The maximum atomic E-state index is 12.7. The van der Waals surface area contributed by atoms with Gasteiger partial charge in [0.05, 0.1) is 44.6 Å². The molecule has 0 amide bonds. The molecular weight excluding hydrogens is 407 g/mol. The van der Waals surface area contributed by atoms with Gasteiger partial charge in [-0.2, -0.15) is 0 Å². The molecule has 1 N–H and O–H groups in total. The van der Waals surface area contributed by atoms with Gasteiger partial charge in [0, 0.05) is 13.1 Å². The number of hydrogen-bond donors (Lipinski definition) is 1. The van der Waals surface area contributed by atoms with Crippen LogP contribution < -0.4 is 9.62 Å². The number of sulfonamides is 1. The van der Waals surface area contributed by atoms with Gasteiger partial charge in [0.2, 0.25) is 0 Å². The van der Waals surface area contributed by atoms with Gasteiger partial charge in [-0.25, -0.2) is 8.42 Å². The lowest BCUT2D eigenvalue weighted by molar-refractivity contribution is 0.123. The fourth-order valence-corrected chi connectivity index (χ4v) is 4.30. The second-order valence-corrected chi connectivity index (χ2v) is 8.32. The van der Waals surface area contributed by atoms with E-state index in [1.807, 2.05) is 4.90 Å². The Labute approximate surface area is 161 Å². The summed E-state index contributed by atoms with van der Waals surface area (Å²) in [5.41, 5.74) is 1.04. The SMILES string of the molecule is O=S(=O)(Nc1cccc(Cl)c1N1CCOCC1)c1ccc(Cl)c(Cl)c1. The van der Waals surface area contributed by atoms with Crippen LogP contribution in [0.25, 0.3) is 0 Å². The Bertz CT molecular complexity index is 884. The molecule has 0 radical (unpaired) electrons. The molecule has 1 heterocycles. The van der Waals surface area contributed by atoms with E-state index in [-0.39, 0.29) is 14.9 Å². The number of ether oxygens (including phenoxy) is 1. The van der Waals surface area contributed by atoms with Crippen molar-refractivity contribution >= 4 is 56.2 Å². The number of rotatable bonds is 4. The average Bonchev–Trinajstić information content (AvgIpc) is 2.58. The lowest BCUT2D eigenvalue weighted by Crippen LogP contribution is -2.37. The van der Waals surface area contributed by atoms with E-state index in [1.165, 1.54) is 18.2 Å². The molecule has 0 aromatic heterocycles.